The zero-order chi connectivity index (χ0) is 41.6. The smallest absolute Gasteiger partial charge is 0.457 e. The van der Waals surface area contributed by atoms with Crippen molar-refractivity contribution >= 4 is 13.8 Å². The average molecular weight is 828 g/mol. The fraction of sp³-hybridized carbons (Fsp3) is 0.896. The SMILES string of the molecule is CCCCCCC/C=C\C/C=C\CCCCCCCCCCCCCC(=O)OC(COCCCCCCCCCCCCCCCCC)COP(=O)(O)OCCN. The van der Waals surface area contributed by atoms with Gasteiger partial charge >= 0.3 is 13.8 Å². The lowest BCUT2D eigenvalue weighted by Gasteiger charge is -2.20. The summed E-state index contributed by atoms with van der Waals surface area (Å²) in [4.78, 5) is 22.5. The van der Waals surface area contributed by atoms with Crippen LogP contribution in [0, 0.1) is 0 Å². The lowest BCUT2D eigenvalue weighted by Crippen LogP contribution is -2.28. The summed E-state index contributed by atoms with van der Waals surface area (Å²) in [5.41, 5.74) is 5.38. The molecule has 0 fully saturated rings. The first kappa shape index (κ1) is 56.0. The van der Waals surface area contributed by atoms with Gasteiger partial charge in [-0.2, -0.15) is 0 Å². The number of hydrogen-bond acceptors (Lipinski definition) is 7. The van der Waals surface area contributed by atoms with Gasteiger partial charge in [0.2, 0.25) is 0 Å². The van der Waals surface area contributed by atoms with Gasteiger partial charge in [0.05, 0.1) is 19.8 Å². The number of carbonyl (C=O) groups excluding carboxylic acids is 1. The summed E-state index contributed by atoms with van der Waals surface area (Å²) >= 11 is 0. The van der Waals surface area contributed by atoms with Gasteiger partial charge < -0.3 is 20.1 Å². The van der Waals surface area contributed by atoms with Crippen LogP contribution in [0.5, 0.6) is 0 Å². The van der Waals surface area contributed by atoms with Crippen LogP contribution in [0.15, 0.2) is 24.3 Å². The van der Waals surface area contributed by atoms with E-state index in [1.165, 1.54) is 180 Å². The molecule has 0 aromatic carbocycles. The highest BCUT2D eigenvalue weighted by atomic mass is 31.2. The predicted octanol–water partition coefficient (Wildman–Crippen LogP) is 14.8. The predicted molar refractivity (Wildman–Crippen MR) is 243 cm³/mol. The first-order chi connectivity index (χ1) is 27.9. The van der Waals surface area contributed by atoms with Crippen molar-refractivity contribution in [3.8, 4) is 0 Å². The van der Waals surface area contributed by atoms with Crippen LogP contribution in [-0.4, -0.2) is 49.9 Å². The summed E-state index contributed by atoms with van der Waals surface area (Å²) < 4.78 is 33.5. The molecule has 0 rings (SSSR count). The quantitative estimate of drug-likeness (QED) is 0.0270. The lowest BCUT2D eigenvalue weighted by atomic mass is 10.0. The summed E-state index contributed by atoms with van der Waals surface area (Å²) in [7, 11) is -4.28. The fourth-order valence-corrected chi connectivity index (χ4v) is 7.79. The average Bonchev–Trinajstić information content (AvgIpc) is 3.20. The minimum Gasteiger partial charge on any atom is -0.457 e. The minimum absolute atomic E-state index is 0.0933. The van der Waals surface area contributed by atoms with Crippen LogP contribution in [0.3, 0.4) is 0 Å². The molecule has 3 N–H and O–H groups in total. The van der Waals surface area contributed by atoms with Crippen LogP contribution in [0.25, 0.3) is 0 Å². The second kappa shape index (κ2) is 46.1. The first-order valence-corrected chi connectivity index (χ1v) is 25.8. The van der Waals surface area contributed by atoms with Crippen molar-refractivity contribution in [1.29, 1.82) is 0 Å². The lowest BCUT2D eigenvalue weighted by molar-refractivity contribution is -0.154. The zero-order valence-corrected chi connectivity index (χ0v) is 38.5. The van der Waals surface area contributed by atoms with Crippen LogP contribution in [0.1, 0.15) is 239 Å². The van der Waals surface area contributed by atoms with Crippen molar-refractivity contribution in [2.75, 3.05) is 33.0 Å². The molecule has 8 nitrogen and oxygen atoms in total. The molecule has 0 heterocycles. The Morgan fingerprint density at radius 3 is 1.37 bits per heavy atom. The van der Waals surface area contributed by atoms with E-state index in [4.69, 9.17) is 24.3 Å². The monoisotopic (exact) mass is 828 g/mol. The molecule has 2 unspecified atom stereocenters. The summed E-state index contributed by atoms with van der Waals surface area (Å²) in [6.07, 6.45) is 52.0. The van der Waals surface area contributed by atoms with Crippen molar-refractivity contribution in [3.05, 3.63) is 24.3 Å². The van der Waals surface area contributed by atoms with E-state index in [2.05, 4.69) is 38.2 Å². The first-order valence-electron chi connectivity index (χ1n) is 24.3. The van der Waals surface area contributed by atoms with Crippen LogP contribution in [0.4, 0.5) is 0 Å². The number of ether oxygens (including phenoxy) is 2. The Bertz CT molecular complexity index is 930. The van der Waals surface area contributed by atoms with Gasteiger partial charge in [-0.25, -0.2) is 4.57 Å². The molecule has 0 aliphatic heterocycles. The number of allylic oxidation sites excluding steroid dienone is 4. The molecule has 0 aliphatic rings. The second-order valence-electron chi connectivity index (χ2n) is 16.3. The topological polar surface area (TPSA) is 117 Å². The molecular weight excluding hydrogens is 734 g/mol. The minimum atomic E-state index is -4.28. The molecule has 338 valence electrons. The maximum atomic E-state index is 12.6. The Hall–Kier alpha value is -1.02. The number of esters is 1. The van der Waals surface area contributed by atoms with Gasteiger partial charge in [-0.05, 0) is 44.9 Å². The summed E-state index contributed by atoms with van der Waals surface area (Å²) in [5.74, 6) is -0.328. The molecule has 0 aromatic heterocycles. The Morgan fingerprint density at radius 1 is 0.526 bits per heavy atom. The van der Waals surface area contributed by atoms with Crippen LogP contribution >= 0.6 is 7.82 Å². The summed E-state index contributed by atoms with van der Waals surface area (Å²) in [6, 6.07) is 0. The Morgan fingerprint density at radius 2 is 0.930 bits per heavy atom. The Kier molecular flexibility index (Phi) is 45.2. The summed E-state index contributed by atoms with van der Waals surface area (Å²) in [5, 5.41) is 0. The largest absolute Gasteiger partial charge is 0.472 e. The summed E-state index contributed by atoms with van der Waals surface area (Å²) in [6.45, 7) is 4.96. The van der Waals surface area contributed by atoms with Crippen molar-refractivity contribution in [2.45, 2.75) is 245 Å². The van der Waals surface area contributed by atoms with Gasteiger partial charge in [0.15, 0.2) is 0 Å². The number of hydrogen-bond donors (Lipinski definition) is 2. The third-order valence-corrected chi connectivity index (χ3v) is 11.6. The highest BCUT2D eigenvalue weighted by Gasteiger charge is 2.25. The van der Waals surface area contributed by atoms with Gasteiger partial charge in [-0.1, -0.05) is 212 Å². The highest BCUT2D eigenvalue weighted by Crippen LogP contribution is 2.43. The van der Waals surface area contributed by atoms with E-state index in [0.29, 0.717) is 13.0 Å². The molecule has 0 saturated heterocycles. The molecule has 2 atom stereocenters. The van der Waals surface area contributed by atoms with Crippen molar-refractivity contribution in [3.63, 3.8) is 0 Å². The van der Waals surface area contributed by atoms with E-state index in [0.717, 1.165) is 38.5 Å². The molecule has 9 heteroatoms. The maximum absolute atomic E-state index is 12.6. The molecule has 0 aliphatic carbocycles. The fourth-order valence-electron chi connectivity index (χ4n) is 7.03. The Labute approximate surface area is 353 Å². The number of phosphoric acid groups is 1. The standard InChI is InChI=1S/C48H94NO7P/c1-3-5-7-9-11-13-15-17-19-20-21-22-23-24-25-26-27-29-31-33-35-37-39-41-48(50)56-47(46-55-57(51,52)54-44-42-49)45-53-43-40-38-36-34-32-30-28-18-16-14-12-10-8-6-4-2/h15,17,20-21,47H,3-14,16,18-19,22-46,49H2,1-2H3,(H,51,52)/b17-15-,21-20-. The van der Waals surface area contributed by atoms with Gasteiger partial charge in [-0.15, -0.1) is 0 Å². The van der Waals surface area contributed by atoms with Crippen molar-refractivity contribution in [1.82, 2.24) is 0 Å². The van der Waals surface area contributed by atoms with Gasteiger partial charge in [0, 0.05) is 19.6 Å². The third-order valence-electron chi connectivity index (χ3n) is 10.6. The molecule has 0 bridgehead atoms. The zero-order valence-electron chi connectivity index (χ0n) is 37.6. The van der Waals surface area contributed by atoms with Crippen LogP contribution in [-0.2, 0) is 27.9 Å². The molecular formula is C48H94NO7P. The number of nitrogens with two attached hydrogens (primary N) is 1. The number of carbonyl (C=O) groups is 1. The van der Waals surface area contributed by atoms with E-state index < -0.39 is 13.9 Å². The number of rotatable bonds is 47. The molecule has 57 heavy (non-hydrogen) atoms. The van der Waals surface area contributed by atoms with E-state index in [-0.39, 0.29) is 32.3 Å². The number of phosphoric ester groups is 1. The van der Waals surface area contributed by atoms with Crippen LogP contribution < -0.4 is 5.73 Å². The number of unbranched alkanes of at least 4 members (excludes halogenated alkanes) is 30. The Balaban J connectivity index is 3.93. The molecule has 0 aromatic rings. The van der Waals surface area contributed by atoms with Crippen molar-refractivity contribution < 1.29 is 32.8 Å². The maximum Gasteiger partial charge on any atom is 0.472 e. The van der Waals surface area contributed by atoms with Gasteiger partial charge in [0.25, 0.3) is 0 Å². The molecule has 0 spiro atoms. The molecule has 0 saturated carbocycles. The van der Waals surface area contributed by atoms with E-state index >= 15 is 0 Å². The normalized spacial score (nSPS) is 13.5. The molecule has 0 amide bonds. The van der Waals surface area contributed by atoms with E-state index in [1.54, 1.807) is 0 Å². The van der Waals surface area contributed by atoms with Gasteiger partial charge in [0.1, 0.15) is 6.10 Å². The molecule has 0 radical (unpaired) electrons. The third kappa shape index (κ3) is 45.9. The van der Waals surface area contributed by atoms with E-state index in [9.17, 15) is 14.3 Å². The van der Waals surface area contributed by atoms with E-state index in [1.807, 2.05) is 0 Å². The second-order valence-corrected chi connectivity index (χ2v) is 17.8. The van der Waals surface area contributed by atoms with Crippen LogP contribution in [0.2, 0.25) is 0 Å². The van der Waals surface area contributed by atoms with Crippen molar-refractivity contribution in [2.24, 2.45) is 5.73 Å². The van der Waals surface area contributed by atoms with Gasteiger partial charge in [-0.3, -0.25) is 13.8 Å². The highest BCUT2D eigenvalue weighted by molar-refractivity contribution is 7.47.